The molecule has 2 rings (SSSR count). The van der Waals surface area contributed by atoms with Crippen molar-refractivity contribution < 1.29 is 9.90 Å². The summed E-state index contributed by atoms with van der Waals surface area (Å²) in [5.41, 5.74) is -0.732. The molecule has 4 heteroatoms. The number of rotatable bonds is 6. The van der Waals surface area contributed by atoms with Gasteiger partial charge < -0.3 is 10.0 Å². The molecule has 1 atom stereocenters. The molecule has 0 radical (unpaired) electrons. The minimum absolute atomic E-state index is 0.444. The zero-order valence-corrected chi connectivity index (χ0v) is 10.0. The Bertz CT molecular complexity index is 260. The van der Waals surface area contributed by atoms with E-state index < -0.39 is 11.5 Å². The number of hydrogen-bond acceptors (Lipinski definition) is 3. The van der Waals surface area contributed by atoms with Crippen molar-refractivity contribution in [3.05, 3.63) is 0 Å². The fourth-order valence-electron chi connectivity index (χ4n) is 2.31. The molecule has 2 N–H and O–H groups in total. The largest absolute Gasteiger partial charge is 0.480 e. The summed E-state index contributed by atoms with van der Waals surface area (Å²) in [7, 11) is 0. The molecule has 1 saturated carbocycles. The Morgan fingerprint density at radius 1 is 1.44 bits per heavy atom. The number of carbonyl (C=O) groups is 1. The number of nitrogens with one attached hydrogen (secondary N) is 1. The van der Waals surface area contributed by atoms with Gasteiger partial charge in [-0.1, -0.05) is 0 Å². The highest BCUT2D eigenvalue weighted by molar-refractivity contribution is 5.78. The normalized spacial score (nSPS) is 25.6. The Labute approximate surface area is 97.0 Å². The van der Waals surface area contributed by atoms with Crippen molar-refractivity contribution in [3.8, 4) is 0 Å². The van der Waals surface area contributed by atoms with Crippen LogP contribution in [0.15, 0.2) is 0 Å². The first-order valence-corrected chi connectivity index (χ1v) is 6.34. The van der Waals surface area contributed by atoms with Crippen LogP contribution < -0.4 is 5.32 Å². The number of carboxylic acids is 1. The first kappa shape index (κ1) is 11.9. The van der Waals surface area contributed by atoms with E-state index in [0.717, 1.165) is 32.5 Å². The van der Waals surface area contributed by atoms with Gasteiger partial charge in [0.05, 0.1) is 0 Å². The van der Waals surface area contributed by atoms with E-state index in [1.807, 2.05) is 6.92 Å². The molecule has 1 heterocycles. The summed E-state index contributed by atoms with van der Waals surface area (Å²) < 4.78 is 0. The molecule has 0 spiro atoms. The molecule has 1 aliphatic heterocycles. The highest BCUT2D eigenvalue weighted by Crippen LogP contribution is 2.24. The second-order valence-corrected chi connectivity index (χ2v) is 5.35. The fraction of sp³-hybridized carbons (Fsp3) is 0.917. The first-order valence-electron chi connectivity index (χ1n) is 6.34. The highest BCUT2D eigenvalue weighted by atomic mass is 16.4. The topological polar surface area (TPSA) is 52.6 Å². The van der Waals surface area contributed by atoms with Gasteiger partial charge in [-0.3, -0.25) is 10.1 Å². The molecule has 0 aromatic carbocycles. The van der Waals surface area contributed by atoms with Gasteiger partial charge in [0, 0.05) is 12.6 Å². The summed E-state index contributed by atoms with van der Waals surface area (Å²) in [6.45, 7) is 5.00. The third-order valence-corrected chi connectivity index (χ3v) is 3.70. The van der Waals surface area contributed by atoms with E-state index in [1.165, 1.54) is 12.8 Å². The molecule has 0 aromatic heterocycles. The lowest BCUT2D eigenvalue weighted by molar-refractivity contribution is -0.144. The Balaban J connectivity index is 1.82. The van der Waals surface area contributed by atoms with Gasteiger partial charge in [0.15, 0.2) is 0 Å². The lowest BCUT2D eigenvalue weighted by Crippen LogP contribution is -2.52. The molecule has 1 aliphatic carbocycles. The van der Waals surface area contributed by atoms with Gasteiger partial charge in [-0.2, -0.15) is 0 Å². The van der Waals surface area contributed by atoms with Crippen molar-refractivity contribution >= 4 is 5.97 Å². The highest BCUT2D eigenvalue weighted by Gasteiger charge is 2.38. The van der Waals surface area contributed by atoms with Crippen LogP contribution in [0.5, 0.6) is 0 Å². The predicted molar refractivity (Wildman–Crippen MR) is 62.5 cm³/mol. The van der Waals surface area contributed by atoms with Crippen molar-refractivity contribution in [1.82, 2.24) is 10.2 Å². The maximum absolute atomic E-state index is 11.3. The maximum atomic E-state index is 11.3. The van der Waals surface area contributed by atoms with E-state index in [1.54, 1.807) is 0 Å². The van der Waals surface area contributed by atoms with Crippen molar-refractivity contribution in [3.63, 3.8) is 0 Å². The molecular weight excluding hydrogens is 204 g/mol. The minimum atomic E-state index is -0.732. The number of likely N-dealkylation sites (tertiary alicyclic amines) is 1. The van der Waals surface area contributed by atoms with Crippen LogP contribution in [0, 0.1) is 0 Å². The quantitative estimate of drug-likeness (QED) is 0.711. The van der Waals surface area contributed by atoms with E-state index >= 15 is 0 Å². The summed E-state index contributed by atoms with van der Waals surface area (Å²) in [6.07, 6.45) is 5.50. The second-order valence-electron chi connectivity index (χ2n) is 5.35. The molecular formula is C12H22N2O2. The smallest absolute Gasteiger partial charge is 0.323 e. The van der Waals surface area contributed by atoms with Crippen LogP contribution in [0.2, 0.25) is 0 Å². The van der Waals surface area contributed by atoms with E-state index in [9.17, 15) is 9.90 Å². The molecule has 2 fully saturated rings. The molecule has 16 heavy (non-hydrogen) atoms. The molecule has 2 aliphatic rings. The Morgan fingerprint density at radius 3 is 2.56 bits per heavy atom. The number of nitrogens with zero attached hydrogens (tertiary/aromatic N) is 1. The molecule has 1 unspecified atom stereocenters. The van der Waals surface area contributed by atoms with Crippen molar-refractivity contribution in [2.75, 3.05) is 19.6 Å². The van der Waals surface area contributed by atoms with Gasteiger partial charge in [-0.25, -0.2) is 0 Å². The monoisotopic (exact) mass is 226 g/mol. The Hall–Kier alpha value is -0.610. The van der Waals surface area contributed by atoms with E-state index in [0.29, 0.717) is 12.5 Å². The Morgan fingerprint density at radius 2 is 2.06 bits per heavy atom. The van der Waals surface area contributed by atoms with E-state index in [4.69, 9.17) is 0 Å². The predicted octanol–water partition coefficient (Wildman–Crippen LogP) is 1.07. The molecule has 92 valence electrons. The number of hydrogen-bond donors (Lipinski definition) is 2. The van der Waals surface area contributed by atoms with Gasteiger partial charge in [-0.15, -0.1) is 0 Å². The molecule has 0 amide bonds. The van der Waals surface area contributed by atoms with Crippen LogP contribution in [0.4, 0.5) is 0 Å². The van der Waals surface area contributed by atoms with Crippen LogP contribution in [0.3, 0.4) is 0 Å². The molecule has 1 saturated heterocycles. The lowest BCUT2D eigenvalue weighted by atomic mass is 9.97. The number of carboxylic acid groups (broad SMARTS) is 1. The van der Waals surface area contributed by atoms with Crippen molar-refractivity contribution in [1.29, 1.82) is 0 Å². The third-order valence-electron chi connectivity index (χ3n) is 3.70. The third kappa shape index (κ3) is 2.95. The lowest BCUT2D eigenvalue weighted by Gasteiger charge is -2.28. The van der Waals surface area contributed by atoms with E-state index in [2.05, 4.69) is 10.2 Å². The summed E-state index contributed by atoms with van der Waals surface area (Å²) in [6, 6.07) is 0.444. The van der Waals surface area contributed by atoms with Crippen molar-refractivity contribution in [2.24, 2.45) is 0 Å². The second kappa shape index (κ2) is 4.72. The fourth-order valence-corrected chi connectivity index (χ4v) is 2.31. The zero-order valence-electron chi connectivity index (χ0n) is 10.0. The summed E-state index contributed by atoms with van der Waals surface area (Å²) >= 11 is 0. The van der Waals surface area contributed by atoms with Gasteiger partial charge in [0.25, 0.3) is 0 Å². The zero-order chi connectivity index (χ0) is 11.6. The van der Waals surface area contributed by atoms with E-state index in [-0.39, 0.29) is 0 Å². The Kier molecular flexibility index (Phi) is 3.50. The van der Waals surface area contributed by atoms with Crippen LogP contribution in [0.25, 0.3) is 0 Å². The summed E-state index contributed by atoms with van der Waals surface area (Å²) in [5, 5.41) is 12.6. The van der Waals surface area contributed by atoms with Crippen LogP contribution in [0.1, 0.15) is 39.0 Å². The molecule has 0 bridgehead atoms. The van der Waals surface area contributed by atoms with Gasteiger partial charge in [0.1, 0.15) is 5.54 Å². The summed E-state index contributed by atoms with van der Waals surface area (Å²) in [4.78, 5) is 13.7. The van der Waals surface area contributed by atoms with Gasteiger partial charge >= 0.3 is 5.97 Å². The van der Waals surface area contributed by atoms with Crippen LogP contribution >= 0.6 is 0 Å². The molecule has 4 nitrogen and oxygen atoms in total. The van der Waals surface area contributed by atoms with Crippen LogP contribution in [-0.4, -0.2) is 47.2 Å². The minimum Gasteiger partial charge on any atom is -0.480 e. The summed E-state index contributed by atoms with van der Waals surface area (Å²) in [5.74, 6) is -0.710. The number of aliphatic carboxylic acids is 1. The maximum Gasteiger partial charge on any atom is 0.323 e. The van der Waals surface area contributed by atoms with Crippen LogP contribution in [-0.2, 0) is 4.79 Å². The average Bonchev–Trinajstić information content (AvgIpc) is 2.89. The SMILES string of the molecule is CC(CCN1CCCC1)(NC1CC1)C(=O)O. The standard InChI is InChI=1S/C12H22N2O2/c1-12(11(15)16,13-10-4-5-10)6-9-14-7-2-3-8-14/h10,13H,2-9H2,1H3,(H,15,16). The van der Waals surface area contributed by atoms with Crippen molar-refractivity contribution in [2.45, 2.75) is 50.6 Å². The first-order chi connectivity index (χ1) is 7.60. The van der Waals surface area contributed by atoms with Gasteiger partial charge in [-0.05, 0) is 52.1 Å². The van der Waals surface area contributed by atoms with Gasteiger partial charge in [0.2, 0.25) is 0 Å². The average molecular weight is 226 g/mol. The molecule has 0 aromatic rings.